The number of unbranched alkanes of at least 4 members (excludes halogenated alkanes) is 1. The quantitative estimate of drug-likeness (QED) is 0.641. The maximum absolute atomic E-state index is 11.0. The van der Waals surface area contributed by atoms with Crippen LogP contribution in [0.5, 0.6) is 5.75 Å². The first-order valence-corrected chi connectivity index (χ1v) is 9.23. The van der Waals surface area contributed by atoms with Gasteiger partial charge in [0.05, 0.1) is 6.20 Å². The normalized spacial score (nSPS) is 11.7. The highest BCUT2D eigenvalue weighted by atomic mass is 16.3. The Bertz CT molecular complexity index is 877. The first-order chi connectivity index (χ1) is 12.4. The van der Waals surface area contributed by atoms with Gasteiger partial charge in [-0.25, -0.2) is 0 Å². The van der Waals surface area contributed by atoms with Crippen molar-refractivity contribution in [2.24, 2.45) is 0 Å². The number of aromatic nitrogens is 3. The molecule has 3 rings (SSSR count). The second-order valence-electron chi connectivity index (χ2n) is 7.79. The summed E-state index contributed by atoms with van der Waals surface area (Å²) in [4.78, 5) is 0. The van der Waals surface area contributed by atoms with Gasteiger partial charge in [-0.15, -0.1) is 0 Å². The highest BCUT2D eigenvalue weighted by Gasteiger charge is 2.21. The van der Waals surface area contributed by atoms with Crippen molar-refractivity contribution in [3.8, 4) is 28.1 Å². The molecule has 3 aromatic rings. The summed E-state index contributed by atoms with van der Waals surface area (Å²) >= 11 is 0. The Morgan fingerprint density at radius 2 is 1.77 bits per heavy atom. The summed E-state index contributed by atoms with van der Waals surface area (Å²) in [5.74, 6) is 0.377. The van der Waals surface area contributed by atoms with Crippen molar-refractivity contribution in [1.29, 1.82) is 0 Å². The van der Waals surface area contributed by atoms with Crippen LogP contribution in [0.2, 0.25) is 0 Å². The van der Waals surface area contributed by atoms with Gasteiger partial charge in [0.25, 0.3) is 0 Å². The molecule has 0 atom stereocenters. The molecule has 0 spiro atoms. The third-order valence-corrected chi connectivity index (χ3v) is 4.76. The molecular formula is C22H27N3O. The van der Waals surface area contributed by atoms with E-state index < -0.39 is 0 Å². The number of H-pyrrole nitrogens is 1. The van der Waals surface area contributed by atoms with Crippen molar-refractivity contribution in [3.63, 3.8) is 0 Å². The number of phenolic OH excluding ortho intramolecular Hbond substituents is 1. The van der Waals surface area contributed by atoms with Crippen LogP contribution in [-0.2, 0) is 11.8 Å². The number of rotatable bonds is 5. The summed E-state index contributed by atoms with van der Waals surface area (Å²) in [5, 5.41) is 21.9. The number of aromatic amines is 1. The lowest BCUT2D eigenvalue weighted by molar-refractivity contribution is 0.467. The number of phenols is 1. The Balaban J connectivity index is 2.22. The molecule has 0 unspecified atom stereocenters. The minimum atomic E-state index is 0.00620. The first-order valence-electron chi connectivity index (χ1n) is 9.23. The summed E-state index contributed by atoms with van der Waals surface area (Å²) in [6.45, 7) is 8.79. The van der Waals surface area contributed by atoms with Crippen molar-refractivity contribution >= 4 is 0 Å². The Morgan fingerprint density at radius 1 is 1.04 bits per heavy atom. The van der Waals surface area contributed by atoms with Crippen molar-refractivity contribution in [2.45, 2.75) is 52.4 Å². The lowest BCUT2D eigenvalue weighted by Gasteiger charge is -2.23. The topological polar surface area (TPSA) is 61.8 Å². The minimum Gasteiger partial charge on any atom is -0.507 e. The maximum Gasteiger partial charge on any atom is 0.126 e. The van der Waals surface area contributed by atoms with E-state index in [1.54, 1.807) is 6.20 Å². The molecule has 1 heterocycles. The van der Waals surface area contributed by atoms with Gasteiger partial charge in [0.15, 0.2) is 0 Å². The van der Waals surface area contributed by atoms with Crippen molar-refractivity contribution in [3.05, 3.63) is 53.7 Å². The fourth-order valence-corrected chi connectivity index (χ4v) is 3.16. The van der Waals surface area contributed by atoms with E-state index in [1.165, 1.54) is 5.56 Å². The average molecular weight is 349 g/mol. The summed E-state index contributed by atoms with van der Waals surface area (Å²) < 4.78 is 0. The Hall–Kier alpha value is -2.62. The smallest absolute Gasteiger partial charge is 0.126 e. The van der Waals surface area contributed by atoms with Crippen LogP contribution >= 0.6 is 0 Å². The largest absolute Gasteiger partial charge is 0.507 e. The van der Waals surface area contributed by atoms with Crippen LogP contribution in [0.3, 0.4) is 0 Å². The van der Waals surface area contributed by atoms with Crippen LogP contribution in [0.15, 0.2) is 42.6 Å². The molecule has 0 aliphatic carbocycles. The van der Waals surface area contributed by atoms with Gasteiger partial charge in [0.2, 0.25) is 0 Å². The zero-order valence-electron chi connectivity index (χ0n) is 16.0. The Kier molecular flexibility index (Phi) is 5.12. The second-order valence-corrected chi connectivity index (χ2v) is 7.79. The number of benzene rings is 2. The minimum absolute atomic E-state index is 0.00620. The first kappa shape index (κ1) is 18.2. The van der Waals surface area contributed by atoms with Crippen LogP contribution in [0, 0.1) is 0 Å². The maximum atomic E-state index is 11.0. The number of hydrogen-bond acceptors (Lipinski definition) is 3. The standard InChI is InChI=1S/C22H27N3O/c1-5-6-9-15-12-16(22(2,3)4)13-19(21(15)26)17-10-7-8-11-18(17)20-14-23-25-24-20/h7-8,10-14,26H,5-6,9H2,1-4H3,(H,23,24,25). The molecule has 2 N–H and O–H groups in total. The molecular weight excluding hydrogens is 322 g/mol. The fraction of sp³-hybridized carbons (Fsp3) is 0.364. The summed E-state index contributed by atoms with van der Waals surface area (Å²) in [7, 11) is 0. The third-order valence-electron chi connectivity index (χ3n) is 4.76. The predicted molar refractivity (Wildman–Crippen MR) is 106 cm³/mol. The Labute approximate surface area is 155 Å². The van der Waals surface area contributed by atoms with Crippen LogP contribution < -0.4 is 0 Å². The van der Waals surface area contributed by atoms with E-state index in [0.717, 1.165) is 47.2 Å². The summed E-state index contributed by atoms with van der Waals surface area (Å²) in [5.41, 5.74) is 5.83. The molecule has 0 aliphatic heterocycles. The fourth-order valence-electron chi connectivity index (χ4n) is 3.16. The molecule has 0 bridgehead atoms. The van der Waals surface area contributed by atoms with Gasteiger partial charge in [-0.2, -0.15) is 15.4 Å². The zero-order chi connectivity index (χ0) is 18.7. The number of aromatic hydroxyl groups is 1. The molecule has 4 heteroatoms. The molecule has 26 heavy (non-hydrogen) atoms. The van der Waals surface area contributed by atoms with E-state index in [4.69, 9.17) is 0 Å². The molecule has 2 aromatic carbocycles. The highest BCUT2D eigenvalue weighted by Crippen LogP contribution is 2.41. The second kappa shape index (κ2) is 7.32. The van der Waals surface area contributed by atoms with Crippen LogP contribution in [0.1, 0.15) is 51.7 Å². The molecule has 0 amide bonds. The zero-order valence-corrected chi connectivity index (χ0v) is 16.0. The van der Waals surface area contributed by atoms with Gasteiger partial charge in [-0.05, 0) is 41.0 Å². The van der Waals surface area contributed by atoms with Gasteiger partial charge in [-0.1, -0.05) is 64.4 Å². The van der Waals surface area contributed by atoms with E-state index in [9.17, 15) is 5.11 Å². The predicted octanol–water partition coefficient (Wildman–Crippen LogP) is 5.48. The molecule has 0 fully saturated rings. The molecule has 0 saturated heterocycles. The van der Waals surface area contributed by atoms with Gasteiger partial charge in [0, 0.05) is 11.1 Å². The van der Waals surface area contributed by atoms with Crippen LogP contribution in [-0.4, -0.2) is 20.5 Å². The molecule has 0 radical (unpaired) electrons. The number of nitrogens with zero attached hydrogens (tertiary/aromatic N) is 2. The van der Waals surface area contributed by atoms with Gasteiger partial charge >= 0.3 is 0 Å². The SMILES string of the molecule is CCCCc1cc(C(C)(C)C)cc(-c2ccccc2-c2cn[nH]n2)c1O. The Morgan fingerprint density at radius 3 is 2.38 bits per heavy atom. The molecule has 1 aromatic heterocycles. The molecule has 0 saturated carbocycles. The lowest BCUT2D eigenvalue weighted by atomic mass is 9.82. The van der Waals surface area contributed by atoms with E-state index in [-0.39, 0.29) is 5.41 Å². The van der Waals surface area contributed by atoms with Crippen molar-refractivity contribution < 1.29 is 5.11 Å². The highest BCUT2D eigenvalue weighted by molar-refractivity contribution is 5.85. The summed E-state index contributed by atoms with van der Waals surface area (Å²) in [6.07, 6.45) is 4.75. The molecule has 4 nitrogen and oxygen atoms in total. The monoisotopic (exact) mass is 349 g/mol. The lowest BCUT2D eigenvalue weighted by Crippen LogP contribution is -2.12. The van der Waals surface area contributed by atoms with Gasteiger partial charge in [-0.3, -0.25) is 0 Å². The summed E-state index contributed by atoms with van der Waals surface area (Å²) in [6, 6.07) is 12.3. The van der Waals surface area contributed by atoms with Crippen LogP contribution in [0.4, 0.5) is 0 Å². The number of nitrogens with one attached hydrogen (secondary N) is 1. The van der Waals surface area contributed by atoms with Gasteiger partial charge < -0.3 is 5.11 Å². The van der Waals surface area contributed by atoms with Crippen molar-refractivity contribution in [2.75, 3.05) is 0 Å². The molecule has 136 valence electrons. The van der Waals surface area contributed by atoms with Crippen molar-refractivity contribution in [1.82, 2.24) is 15.4 Å². The number of hydrogen-bond donors (Lipinski definition) is 2. The molecule has 0 aliphatic rings. The van der Waals surface area contributed by atoms with E-state index in [1.807, 2.05) is 24.3 Å². The third kappa shape index (κ3) is 3.64. The van der Waals surface area contributed by atoms with E-state index >= 15 is 0 Å². The van der Waals surface area contributed by atoms with E-state index in [2.05, 4.69) is 55.2 Å². The number of aryl methyl sites for hydroxylation is 1. The average Bonchev–Trinajstić information content (AvgIpc) is 3.14. The van der Waals surface area contributed by atoms with Crippen LogP contribution in [0.25, 0.3) is 22.4 Å². The van der Waals surface area contributed by atoms with Gasteiger partial charge in [0.1, 0.15) is 11.4 Å². The van der Waals surface area contributed by atoms with E-state index in [0.29, 0.717) is 5.75 Å².